The van der Waals surface area contributed by atoms with Crippen molar-refractivity contribution in [3.05, 3.63) is 40.6 Å². The number of amides is 1. The van der Waals surface area contributed by atoms with Crippen LogP contribution in [0.2, 0.25) is 0 Å². The first-order chi connectivity index (χ1) is 10.2. The lowest BCUT2D eigenvalue weighted by atomic mass is 9.99. The van der Waals surface area contributed by atoms with E-state index >= 15 is 0 Å². The number of rotatable bonds is 4. The van der Waals surface area contributed by atoms with Crippen LogP contribution < -0.4 is 5.32 Å². The molecule has 0 bridgehead atoms. The van der Waals surface area contributed by atoms with Crippen LogP contribution in [0.5, 0.6) is 0 Å². The fourth-order valence-corrected chi connectivity index (χ4v) is 2.63. The SMILES string of the molecule is Cc1csc(C(O)(CC(=O)Nc2cccnc2)C(F)(F)F)n1. The Morgan fingerprint density at radius 3 is 2.68 bits per heavy atom. The summed E-state index contributed by atoms with van der Waals surface area (Å²) in [5, 5.41) is 13.1. The number of aromatic nitrogens is 2. The second kappa shape index (κ2) is 6.01. The third-order valence-corrected chi connectivity index (χ3v) is 3.91. The highest BCUT2D eigenvalue weighted by atomic mass is 32.1. The summed E-state index contributed by atoms with van der Waals surface area (Å²) in [5.41, 5.74) is -2.74. The summed E-state index contributed by atoms with van der Waals surface area (Å²) in [4.78, 5) is 19.2. The van der Waals surface area contributed by atoms with E-state index in [0.717, 1.165) is 0 Å². The Morgan fingerprint density at radius 1 is 1.45 bits per heavy atom. The first kappa shape index (κ1) is 16.4. The number of pyridine rings is 1. The van der Waals surface area contributed by atoms with Crippen molar-refractivity contribution < 1.29 is 23.1 Å². The molecular weight excluding hydrogens is 319 g/mol. The third-order valence-electron chi connectivity index (χ3n) is 2.80. The summed E-state index contributed by atoms with van der Waals surface area (Å²) >= 11 is 0.658. The van der Waals surface area contributed by atoms with E-state index in [4.69, 9.17) is 0 Å². The van der Waals surface area contributed by atoms with Gasteiger partial charge in [-0.15, -0.1) is 11.3 Å². The number of aryl methyl sites for hydroxylation is 1. The zero-order valence-corrected chi connectivity index (χ0v) is 12.2. The molecule has 0 spiro atoms. The number of hydrogen-bond acceptors (Lipinski definition) is 5. The van der Waals surface area contributed by atoms with Crippen LogP contribution in [0.4, 0.5) is 18.9 Å². The molecule has 0 saturated carbocycles. The number of carbonyl (C=O) groups excluding carboxylic acids is 1. The van der Waals surface area contributed by atoms with Gasteiger partial charge in [-0.25, -0.2) is 4.98 Å². The van der Waals surface area contributed by atoms with E-state index in [1.54, 1.807) is 0 Å². The molecule has 2 rings (SSSR count). The number of nitrogens with zero attached hydrogens (tertiary/aromatic N) is 2. The maximum atomic E-state index is 13.2. The average Bonchev–Trinajstić information content (AvgIpc) is 2.85. The van der Waals surface area contributed by atoms with Crippen LogP contribution in [0.25, 0.3) is 0 Å². The minimum atomic E-state index is -5.02. The molecular formula is C13H12F3N3O2S. The van der Waals surface area contributed by atoms with Crippen LogP contribution in [0.3, 0.4) is 0 Å². The van der Waals surface area contributed by atoms with Gasteiger partial charge in [-0.2, -0.15) is 13.2 Å². The summed E-state index contributed by atoms with van der Waals surface area (Å²) in [6.45, 7) is 1.51. The lowest BCUT2D eigenvalue weighted by molar-refractivity contribution is -0.266. The molecule has 2 aromatic rings. The number of halogens is 3. The number of thiazole rings is 1. The molecule has 118 valence electrons. The molecule has 2 N–H and O–H groups in total. The van der Waals surface area contributed by atoms with Gasteiger partial charge in [0.25, 0.3) is 0 Å². The lowest BCUT2D eigenvalue weighted by Crippen LogP contribution is -2.45. The monoisotopic (exact) mass is 331 g/mol. The molecule has 2 aromatic heterocycles. The molecule has 0 fully saturated rings. The van der Waals surface area contributed by atoms with Crippen molar-refractivity contribution in [1.29, 1.82) is 0 Å². The summed E-state index contributed by atoms with van der Waals surface area (Å²) in [6.07, 6.45) is -3.46. The Labute approximate surface area is 127 Å². The highest BCUT2D eigenvalue weighted by Crippen LogP contribution is 2.42. The van der Waals surface area contributed by atoms with Gasteiger partial charge in [0.2, 0.25) is 11.5 Å². The lowest BCUT2D eigenvalue weighted by Gasteiger charge is -2.27. The Morgan fingerprint density at radius 2 is 2.18 bits per heavy atom. The van der Waals surface area contributed by atoms with Gasteiger partial charge in [0.15, 0.2) is 0 Å². The standard InChI is InChI=1S/C13H12F3N3O2S/c1-8-7-22-11(18-8)12(21,13(14,15)16)5-10(20)19-9-3-2-4-17-6-9/h2-4,6-7,21H,5H2,1H3,(H,19,20). The minimum Gasteiger partial charge on any atom is -0.374 e. The van der Waals surface area contributed by atoms with Crippen LogP contribution in [-0.4, -0.2) is 27.2 Å². The van der Waals surface area contributed by atoms with Crippen LogP contribution in [0, 0.1) is 6.92 Å². The quantitative estimate of drug-likeness (QED) is 0.903. The molecule has 0 aliphatic heterocycles. The van der Waals surface area contributed by atoms with Crippen LogP contribution in [0.15, 0.2) is 29.9 Å². The summed E-state index contributed by atoms with van der Waals surface area (Å²) in [5.74, 6) is -0.985. The summed E-state index contributed by atoms with van der Waals surface area (Å²) in [6, 6.07) is 3.00. The van der Waals surface area contributed by atoms with E-state index in [1.165, 1.54) is 36.8 Å². The van der Waals surface area contributed by atoms with Gasteiger partial charge < -0.3 is 10.4 Å². The Bertz CT molecular complexity index is 660. The zero-order valence-electron chi connectivity index (χ0n) is 11.4. The van der Waals surface area contributed by atoms with Gasteiger partial charge in [0, 0.05) is 17.3 Å². The maximum Gasteiger partial charge on any atom is 0.424 e. The molecule has 0 aromatic carbocycles. The Kier molecular flexibility index (Phi) is 4.47. The van der Waals surface area contributed by atoms with Gasteiger partial charge in [-0.1, -0.05) is 0 Å². The molecule has 0 aliphatic rings. The molecule has 0 radical (unpaired) electrons. The predicted molar refractivity (Wildman–Crippen MR) is 74.3 cm³/mol. The van der Waals surface area contributed by atoms with E-state index in [9.17, 15) is 23.1 Å². The number of carbonyl (C=O) groups is 1. The van der Waals surface area contributed by atoms with Gasteiger partial charge in [-0.3, -0.25) is 9.78 Å². The third kappa shape index (κ3) is 3.42. The number of aliphatic hydroxyl groups is 1. The molecule has 1 atom stereocenters. The molecule has 22 heavy (non-hydrogen) atoms. The number of alkyl halides is 3. The average molecular weight is 331 g/mol. The smallest absolute Gasteiger partial charge is 0.374 e. The fourth-order valence-electron chi connectivity index (χ4n) is 1.72. The maximum absolute atomic E-state index is 13.2. The van der Waals surface area contributed by atoms with Crippen LogP contribution >= 0.6 is 11.3 Å². The summed E-state index contributed by atoms with van der Waals surface area (Å²) < 4.78 is 39.7. The van der Waals surface area contributed by atoms with Gasteiger partial charge in [-0.05, 0) is 19.1 Å². The van der Waals surface area contributed by atoms with Crippen molar-refractivity contribution in [2.75, 3.05) is 5.32 Å². The van der Waals surface area contributed by atoms with Crippen molar-refractivity contribution in [2.45, 2.75) is 25.1 Å². The molecule has 0 aliphatic carbocycles. The first-order valence-corrected chi connectivity index (χ1v) is 7.02. The molecule has 1 unspecified atom stereocenters. The van der Waals surface area contributed by atoms with Crippen molar-refractivity contribution in [3.63, 3.8) is 0 Å². The number of anilines is 1. The highest BCUT2D eigenvalue weighted by molar-refractivity contribution is 7.09. The first-order valence-electron chi connectivity index (χ1n) is 6.14. The van der Waals surface area contributed by atoms with Crippen LogP contribution in [-0.2, 0) is 10.4 Å². The van der Waals surface area contributed by atoms with Crippen molar-refractivity contribution in [2.24, 2.45) is 0 Å². The Hall–Kier alpha value is -2.00. The molecule has 2 heterocycles. The fraction of sp³-hybridized carbons (Fsp3) is 0.308. The second-order valence-electron chi connectivity index (χ2n) is 4.62. The number of nitrogens with one attached hydrogen (secondary N) is 1. The van der Waals surface area contributed by atoms with Crippen LogP contribution in [0.1, 0.15) is 17.1 Å². The van der Waals surface area contributed by atoms with E-state index in [2.05, 4.69) is 15.3 Å². The largest absolute Gasteiger partial charge is 0.424 e. The van der Waals surface area contributed by atoms with Gasteiger partial charge >= 0.3 is 6.18 Å². The second-order valence-corrected chi connectivity index (χ2v) is 5.48. The molecule has 1 amide bonds. The van der Waals surface area contributed by atoms with Crippen molar-refractivity contribution >= 4 is 22.9 Å². The van der Waals surface area contributed by atoms with E-state index < -0.39 is 29.1 Å². The molecule has 0 saturated heterocycles. The summed E-state index contributed by atoms with van der Waals surface area (Å²) in [7, 11) is 0. The zero-order chi connectivity index (χ0) is 16.4. The Balaban J connectivity index is 2.22. The predicted octanol–water partition coefficient (Wildman–Crippen LogP) is 2.63. The van der Waals surface area contributed by atoms with E-state index in [-0.39, 0.29) is 5.69 Å². The van der Waals surface area contributed by atoms with Crippen molar-refractivity contribution in [1.82, 2.24) is 9.97 Å². The minimum absolute atomic E-state index is 0.243. The highest BCUT2D eigenvalue weighted by Gasteiger charge is 2.58. The van der Waals surface area contributed by atoms with Gasteiger partial charge in [0.05, 0.1) is 18.3 Å². The van der Waals surface area contributed by atoms with Gasteiger partial charge in [0.1, 0.15) is 5.01 Å². The van der Waals surface area contributed by atoms with E-state index in [0.29, 0.717) is 17.0 Å². The topological polar surface area (TPSA) is 75.1 Å². The normalized spacial score (nSPS) is 14.4. The molecule has 9 heteroatoms. The van der Waals surface area contributed by atoms with E-state index in [1.807, 2.05) is 0 Å². The molecule has 5 nitrogen and oxygen atoms in total. The number of hydrogen-bond donors (Lipinski definition) is 2. The van der Waals surface area contributed by atoms with Crippen molar-refractivity contribution in [3.8, 4) is 0 Å².